The monoisotopic (exact) mass is 380 g/mol. The Kier molecular flexibility index (Phi) is 6.69. The van der Waals surface area contributed by atoms with Gasteiger partial charge >= 0.3 is 11.9 Å². The normalized spacial score (nSPS) is 36.4. The number of hydrogen-bond donors (Lipinski definition) is 0. The van der Waals surface area contributed by atoms with Crippen LogP contribution in [0.2, 0.25) is 0 Å². The Morgan fingerprint density at radius 2 is 1.78 bits per heavy atom. The molecule has 0 aliphatic heterocycles. The molecule has 4 nitrogen and oxygen atoms in total. The van der Waals surface area contributed by atoms with Crippen LogP contribution in [0.15, 0.2) is 0 Å². The maximum atomic E-state index is 11.9. The molecule has 0 radical (unpaired) electrons. The Morgan fingerprint density at radius 1 is 1.11 bits per heavy atom. The molecule has 5 atom stereocenters. The van der Waals surface area contributed by atoms with Gasteiger partial charge in [0.15, 0.2) is 0 Å². The zero-order chi connectivity index (χ0) is 20.5. The van der Waals surface area contributed by atoms with Crippen LogP contribution in [-0.2, 0) is 19.1 Å². The molecule has 0 aromatic heterocycles. The number of carbonyl (C=O) groups is 2. The fourth-order valence-corrected chi connectivity index (χ4v) is 6.61. The maximum absolute atomic E-state index is 11.9. The second-order valence-corrected chi connectivity index (χ2v) is 10.4. The van der Waals surface area contributed by atoms with Gasteiger partial charge in [0, 0.05) is 19.3 Å². The highest BCUT2D eigenvalue weighted by Gasteiger charge is 2.59. The number of methoxy groups -OCH3 is 1. The van der Waals surface area contributed by atoms with E-state index < -0.39 is 5.60 Å². The molecule has 0 spiro atoms. The Labute approximate surface area is 165 Å². The first kappa shape index (κ1) is 22.2. The van der Waals surface area contributed by atoms with Gasteiger partial charge in [0.1, 0.15) is 5.60 Å². The van der Waals surface area contributed by atoms with Crippen LogP contribution in [-0.4, -0.2) is 24.6 Å². The highest BCUT2D eigenvalue weighted by Crippen LogP contribution is 2.63. The van der Waals surface area contributed by atoms with Crippen molar-refractivity contribution in [1.82, 2.24) is 0 Å². The summed E-state index contributed by atoms with van der Waals surface area (Å²) in [5.74, 6) is 0.939. The van der Waals surface area contributed by atoms with E-state index in [-0.39, 0.29) is 23.3 Å². The summed E-state index contributed by atoms with van der Waals surface area (Å²) in [6, 6.07) is 0. The number of fused-ring (bicyclic) bond motifs is 1. The number of carbonyl (C=O) groups excluding carboxylic acids is 2. The van der Waals surface area contributed by atoms with E-state index in [4.69, 9.17) is 9.47 Å². The van der Waals surface area contributed by atoms with E-state index >= 15 is 0 Å². The maximum Gasteiger partial charge on any atom is 0.305 e. The third-order valence-electron chi connectivity index (χ3n) is 7.81. The minimum absolute atomic E-state index is 0.142. The lowest BCUT2D eigenvalue weighted by atomic mass is 9.45. The van der Waals surface area contributed by atoms with E-state index in [2.05, 4.69) is 34.6 Å². The highest BCUT2D eigenvalue weighted by atomic mass is 16.6. The van der Waals surface area contributed by atoms with Crippen LogP contribution in [0.5, 0.6) is 0 Å². The molecule has 0 aromatic rings. The predicted molar refractivity (Wildman–Crippen MR) is 107 cm³/mol. The Hall–Kier alpha value is -1.06. The van der Waals surface area contributed by atoms with Gasteiger partial charge in [0.2, 0.25) is 0 Å². The fourth-order valence-electron chi connectivity index (χ4n) is 6.61. The molecule has 2 saturated carbocycles. The van der Waals surface area contributed by atoms with Crippen molar-refractivity contribution in [3.8, 4) is 0 Å². The number of esters is 2. The molecule has 2 fully saturated rings. The molecule has 2 aliphatic carbocycles. The van der Waals surface area contributed by atoms with Crippen LogP contribution in [0, 0.1) is 28.6 Å². The molecule has 2 rings (SSSR count). The van der Waals surface area contributed by atoms with Crippen molar-refractivity contribution < 1.29 is 19.1 Å². The molecule has 0 N–H and O–H groups in total. The van der Waals surface area contributed by atoms with Gasteiger partial charge in [-0.2, -0.15) is 0 Å². The van der Waals surface area contributed by atoms with Crippen molar-refractivity contribution in [1.29, 1.82) is 0 Å². The molecular weight excluding hydrogens is 340 g/mol. The van der Waals surface area contributed by atoms with Gasteiger partial charge in [0.05, 0.1) is 7.11 Å². The summed E-state index contributed by atoms with van der Waals surface area (Å²) in [7, 11) is 1.45. The summed E-state index contributed by atoms with van der Waals surface area (Å²) < 4.78 is 10.8. The molecule has 2 aliphatic rings. The predicted octanol–water partition coefficient (Wildman–Crippen LogP) is 5.53. The first-order valence-electron chi connectivity index (χ1n) is 10.7. The molecule has 4 heteroatoms. The van der Waals surface area contributed by atoms with Gasteiger partial charge in [0.25, 0.3) is 0 Å². The lowest BCUT2D eigenvalue weighted by Crippen LogP contribution is -2.58. The van der Waals surface area contributed by atoms with Crippen LogP contribution in [0.25, 0.3) is 0 Å². The van der Waals surface area contributed by atoms with Crippen molar-refractivity contribution in [2.75, 3.05) is 7.11 Å². The van der Waals surface area contributed by atoms with Crippen LogP contribution in [0.1, 0.15) is 92.9 Å². The van der Waals surface area contributed by atoms with Crippen LogP contribution >= 0.6 is 0 Å². The van der Waals surface area contributed by atoms with Crippen LogP contribution in [0.4, 0.5) is 0 Å². The third kappa shape index (κ3) is 4.68. The summed E-state index contributed by atoms with van der Waals surface area (Å²) in [5.41, 5.74) is 0.102. The lowest BCUT2D eigenvalue weighted by molar-refractivity contribution is -0.199. The first-order valence-corrected chi connectivity index (χ1v) is 10.7. The van der Waals surface area contributed by atoms with Crippen LogP contribution in [0.3, 0.4) is 0 Å². The van der Waals surface area contributed by atoms with E-state index in [1.54, 1.807) is 0 Å². The zero-order valence-corrected chi connectivity index (χ0v) is 18.5. The summed E-state index contributed by atoms with van der Waals surface area (Å²) in [6.07, 6.45) is 8.19. The van der Waals surface area contributed by atoms with Gasteiger partial charge in [-0.1, -0.05) is 34.1 Å². The van der Waals surface area contributed by atoms with Gasteiger partial charge in [-0.05, 0) is 68.1 Å². The highest BCUT2D eigenvalue weighted by molar-refractivity contribution is 5.69. The molecule has 0 unspecified atom stereocenters. The van der Waals surface area contributed by atoms with E-state index in [9.17, 15) is 9.59 Å². The van der Waals surface area contributed by atoms with Gasteiger partial charge < -0.3 is 9.47 Å². The summed E-state index contributed by atoms with van der Waals surface area (Å²) in [6.45, 7) is 13.1. The third-order valence-corrected chi connectivity index (χ3v) is 7.81. The average molecular weight is 381 g/mol. The Bertz CT molecular complexity index is 555. The molecule has 27 heavy (non-hydrogen) atoms. The number of hydrogen-bond acceptors (Lipinski definition) is 4. The second-order valence-electron chi connectivity index (χ2n) is 10.4. The van der Waals surface area contributed by atoms with E-state index in [1.807, 2.05) is 0 Å². The van der Waals surface area contributed by atoms with E-state index in [0.717, 1.165) is 25.7 Å². The average Bonchev–Trinajstić information content (AvgIpc) is 2.52. The fraction of sp³-hybridized carbons (Fsp3) is 0.913. The number of rotatable bonds is 6. The van der Waals surface area contributed by atoms with Crippen molar-refractivity contribution in [2.24, 2.45) is 28.6 Å². The van der Waals surface area contributed by atoms with E-state index in [0.29, 0.717) is 23.7 Å². The topological polar surface area (TPSA) is 52.6 Å². The van der Waals surface area contributed by atoms with Gasteiger partial charge in [-0.25, -0.2) is 0 Å². The minimum atomic E-state index is -0.407. The smallest absolute Gasteiger partial charge is 0.305 e. The molecule has 156 valence electrons. The second kappa shape index (κ2) is 8.13. The first-order chi connectivity index (χ1) is 12.4. The zero-order valence-electron chi connectivity index (χ0n) is 18.5. The van der Waals surface area contributed by atoms with Crippen LogP contribution < -0.4 is 0 Å². The van der Waals surface area contributed by atoms with Crippen molar-refractivity contribution in [3.63, 3.8) is 0 Å². The lowest BCUT2D eigenvalue weighted by Gasteiger charge is -2.62. The molecule has 0 amide bonds. The summed E-state index contributed by atoms with van der Waals surface area (Å²) in [4.78, 5) is 23.5. The molecule has 0 saturated heterocycles. The molecule has 0 bridgehead atoms. The van der Waals surface area contributed by atoms with Gasteiger partial charge in [-0.3, -0.25) is 9.59 Å². The quantitative estimate of drug-likeness (QED) is 0.569. The minimum Gasteiger partial charge on any atom is -0.469 e. The standard InChI is InChI=1S/C23H40O4/c1-16(15-20(25)26-7)9-10-19-22(5)13-8-12-21(3,4)18(22)11-14-23(19,6)27-17(2)24/h16,18-19H,8-15H2,1-7H3/t16-,18+,19+,22-,23+/m0/s1. The van der Waals surface area contributed by atoms with Crippen molar-refractivity contribution >= 4 is 11.9 Å². The Balaban J connectivity index is 2.26. The molecule has 0 heterocycles. The Morgan fingerprint density at radius 3 is 2.37 bits per heavy atom. The molecule has 0 aromatic carbocycles. The SMILES string of the molecule is COC(=O)C[C@@H](C)CC[C@@H]1[C@@]2(C)CCCC(C)(C)[C@H]2CC[C@@]1(C)OC(C)=O. The summed E-state index contributed by atoms with van der Waals surface area (Å²) >= 11 is 0. The van der Waals surface area contributed by atoms with E-state index in [1.165, 1.54) is 33.3 Å². The summed E-state index contributed by atoms with van der Waals surface area (Å²) in [5, 5.41) is 0. The molecular formula is C23H40O4. The van der Waals surface area contributed by atoms with Crippen molar-refractivity contribution in [3.05, 3.63) is 0 Å². The largest absolute Gasteiger partial charge is 0.469 e. The van der Waals surface area contributed by atoms with Gasteiger partial charge in [-0.15, -0.1) is 0 Å². The number of ether oxygens (including phenoxy) is 2. The van der Waals surface area contributed by atoms with Crippen molar-refractivity contribution in [2.45, 2.75) is 98.5 Å².